The molecule has 7 heterocycles. The van der Waals surface area contributed by atoms with E-state index in [9.17, 15) is 29.1 Å². The first-order chi connectivity index (χ1) is 27.6. The third-order valence-electron chi connectivity index (χ3n) is 12.6. The number of imide groups is 1. The standard InChI is InChI=1S/C41H48N10O6/c42-37(54)36-38(45-33(18-43-36)49-14-1-3-29(23-49)50-15-2-4-35(50)53)44-27-7-5-25(6-8-27)26-21-47(22-26)19-24-13-16-48(20-24)28-9-10-30-31(17-28)41(57)51(40(30)56)32-11-12-34(52)46-39(32)55/h5-10,17-18,24,26,29,32,40,56H,1-4,11-16,19-23H2,(H2,42,54)(H,44,45)(H,46,52,55)/t24-,29-,32?,40?/m0/s1. The van der Waals surface area contributed by atoms with Gasteiger partial charge in [0.15, 0.2) is 17.7 Å². The van der Waals surface area contributed by atoms with Crippen molar-refractivity contribution in [2.24, 2.45) is 11.7 Å². The van der Waals surface area contributed by atoms with E-state index < -0.39 is 30.0 Å². The Hall–Kier alpha value is -5.61. The fourth-order valence-corrected chi connectivity index (χ4v) is 9.57. The maximum absolute atomic E-state index is 13.4. The molecule has 0 aliphatic carbocycles. The van der Waals surface area contributed by atoms with Crippen LogP contribution >= 0.6 is 0 Å². The number of carbonyl (C=O) groups excluding carboxylic acids is 5. The molecule has 57 heavy (non-hydrogen) atoms. The maximum atomic E-state index is 13.4. The molecule has 2 unspecified atom stereocenters. The number of fused-ring (bicyclic) bond motifs is 1. The molecule has 5 amide bonds. The Labute approximate surface area is 330 Å². The number of hydrogen-bond acceptors (Lipinski definition) is 12. The van der Waals surface area contributed by atoms with Crippen molar-refractivity contribution in [2.45, 2.75) is 69.2 Å². The van der Waals surface area contributed by atoms with Crippen molar-refractivity contribution in [3.8, 4) is 0 Å². The highest BCUT2D eigenvalue weighted by molar-refractivity contribution is 6.06. The molecule has 16 nitrogen and oxygen atoms in total. The van der Waals surface area contributed by atoms with Gasteiger partial charge in [-0.2, -0.15) is 0 Å². The third kappa shape index (κ3) is 7.16. The van der Waals surface area contributed by atoms with Crippen LogP contribution in [0, 0.1) is 5.92 Å². The van der Waals surface area contributed by atoms with E-state index in [1.807, 2.05) is 29.2 Å². The number of primary amides is 1. The summed E-state index contributed by atoms with van der Waals surface area (Å²) in [5.41, 5.74) is 9.60. The highest BCUT2D eigenvalue weighted by Crippen LogP contribution is 2.39. The van der Waals surface area contributed by atoms with Crippen molar-refractivity contribution < 1.29 is 29.1 Å². The molecule has 3 aromatic rings. The first-order valence-corrected chi connectivity index (χ1v) is 20.1. The summed E-state index contributed by atoms with van der Waals surface area (Å²) in [6.07, 6.45) is 5.15. The first-order valence-electron chi connectivity index (χ1n) is 20.1. The second kappa shape index (κ2) is 15.0. The Morgan fingerprint density at radius 2 is 1.74 bits per heavy atom. The van der Waals surface area contributed by atoms with Gasteiger partial charge in [-0.25, -0.2) is 9.97 Å². The molecule has 5 fully saturated rings. The minimum Gasteiger partial charge on any atom is -0.371 e. The molecular formula is C41H48N10O6. The molecule has 0 spiro atoms. The third-order valence-corrected chi connectivity index (χ3v) is 12.6. The largest absolute Gasteiger partial charge is 0.371 e. The van der Waals surface area contributed by atoms with E-state index >= 15 is 0 Å². The fraction of sp³-hybridized carbons (Fsp3) is 0.488. The van der Waals surface area contributed by atoms with Crippen molar-refractivity contribution in [2.75, 3.05) is 67.5 Å². The Kier molecular flexibility index (Phi) is 9.76. The van der Waals surface area contributed by atoms with Gasteiger partial charge in [0.05, 0.1) is 6.20 Å². The molecule has 298 valence electrons. The Morgan fingerprint density at radius 3 is 2.49 bits per heavy atom. The van der Waals surface area contributed by atoms with Gasteiger partial charge in [-0.15, -0.1) is 0 Å². The molecule has 0 radical (unpaired) electrons. The summed E-state index contributed by atoms with van der Waals surface area (Å²) in [6, 6.07) is 13.0. The van der Waals surface area contributed by atoms with Crippen LogP contribution in [0.15, 0.2) is 48.7 Å². The van der Waals surface area contributed by atoms with Gasteiger partial charge >= 0.3 is 0 Å². The number of likely N-dealkylation sites (tertiary alicyclic amines) is 2. The number of anilines is 4. The zero-order chi connectivity index (χ0) is 39.4. The van der Waals surface area contributed by atoms with Gasteiger partial charge < -0.3 is 35.8 Å². The number of nitrogens with two attached hydrogens (primary N) is 1. The predicted octanol–water partition coefficient (Wildman–Crippen LogP) is 2.09. The summed E-state index contributed by atoms with van der Waals surface area (Å²) in [5.74, 6) is 0.0993. The molecule has 0 saturated carbocycles. The Balaban J connectivity index is 0.777. The summed E-state index contributed by atoms with van der Waals surface area (Å²) in [5, 5.41) is 16.5. The van der Waals surface area contributed by atoms with E-state index in [4.69, 9.17) is 10.7 Å². The van der Waals surface area contributed by atoms with Gasteiger partial charge in [-0.1, -0.05) is 18.2 Å². The molecule has 4 atom stereocenters. The molecule has 2 aromatic carbocycles. The van der Waals surface area contributed by atoms with E-state index in [0.717, 1.165) is 82.9 Å². The van der Waals surface area contributed by atoms with Crippen molar-refractivity contribution in [3.63, 3.8) is 0 Å². The number of rotatable bonds is 10. The molecule has 9 rings (SSSR count). The lowest BCUT2D eigenvalue weighted by Crippen LogP contribution is -2.53. The van der Waals surface area contributed by atoms with Crippen LogP contribution in [0.25, 0.3) is 0 Å². The number of nitrogens with one attached hydrogen (secondary N) is 2. The van der Waals surface area contributed by atoms with Crippen molar-refractivity contribution in [3.05, 3.63) is 71.0 Å². The molecular weight excluding hydrogens is 729 g/mol. The Morgan fingerprint density at radius 1 is 0.912 bits per heavy atom. The van der Waals surface area contributed by atoms with E-state index in [-0.39, 0.29) is 36.4 Å². The van der Waals surface area contributed by atoms with Crippen LogP contribution in [0.4, 0.5) is 23.0 Å². The number of aromatic nitrogens is 2. The lowest BCUT2D eigenvalue weighted by Gasteiger charge is -2.41. The number of amides is 5. The van der Waals surface area contributed by atoms with E-state index in [1.54, 1.807) is 12.3 Å². The van der Waals surface area contributed by atoms with E-state index in [0.29, 0.717) is 47.6 Å². The zero-order valence-electron chi connectivity index (χ0n) is 31.8. The zero-order valence-corrected chi connectivity index (χ0v) is 31.8. The summed E-state index contributed by atoms with van der Waals surface area (Å²) in [4.78, 5) is 81.5. The molecule has 5 saturated heterocycles. The van der Waals surface area contributed by atoms with Crippen molar-refractivity contribution in [1.82, 2.24) is 30.0 Å². The summed E-state index contributed by atoms with van der Waals surface area (Å²) in [7, 11) is 0. The van der Waals surface area contributed by atoms with E-state index in [1.165, 1.54) is 10.5 Å². The van der Waals surface area contributed by atoms with Gasteiger partial charge in [0.1, 0.15) is 11.9 Å². The lowest BCUT2D eigenvalue weighted by molar-refractivity contribution is -0.139. The number of aliphatic hydroxyl groups excluding tert-OH is 1. The summed E-state index contributed by atoms with van der Waals surface area (Å²) < 4.78 is 0. The Bertz CT molecular complexity index is 2110. The number of piperidine rings is 2. The smallest absolute Gasteiger partial charge is 0.271 e. The number of nitrogens with zero attached hydrogens (tertiary/aromatic N) is 7. The van der Waals surface area contributed by atoms with E-state index in [2.05, 4.69) is 42.5 Å². The van der Waals surface area contributed by atoms with Crippen LogP contribution in [0.1, 0.15) is 89.1 Å². The van der Waals surface area contributed by atoms with Gasteiger partial charge in [-0.3, -0.25) is 34.2 Å². The average molecular weight is 777 g/mol. The van der Waals surface area contributed by atoms with Crippen LogP contribution in [-0.4, -0.2) is 124 Å². The minimum atomic E-state index is -1.22. The van der Waals surface area contributed by atoms with Crippen LogP contribution in [0.2, 0.25) is 0 Å². The number of aliphatic hydroxyl groups is 1. The monoisotopic (exact) mass is 776 g/mol. The van der Waals surface area contributed by atoms with Crippen LogP contribution in [0.3, 0.4) is 0 Å². The molecule has 6 aliphatic heterocycles. The van der Waals surface area contributed by atoms with Gasteiger partial charge in [0, 0.05) is 99.7 Å². The number of hydrogen-bond donors (Lipinski definition) is 4. The van der Waals surface area contributed by atoms with Crippen LogP contribution in [-0.2, 0) is 14.4 Å². The maximum Gasteiger partial charge on any atom is 0.271 e. The van der Waals surface area contributed by atoms with Crippen LogP contribution in [0.5, 0.6) is 0 Å². The molecule has 16 heteroatoms. The van der Waals surface area contributed by atoms with Gasteiger partial charge in [0.2, 0.25) is 17.7 Å². The van der Waals surface area contributed by atoms with Crippen molar-refractivity contribution in [1.29, 1.82) is 0 Å². The highest BCUT2D eigenvalue weighted by Gasteiger charge is 2.45. The first kappa shape index (κ1) is 37.0. The summed E-state index contributed by atoms with van der Waals surface area (Å²) >= 11 is 0. The summed E-state index contributed by atoms with van der Waals surface area (Å²) in [6.45, 7) is 6.92. The SMILES string of the molecule is NC(=O)c1ncc(N2CCC[C@H](N3CCCC3=O)C2)nc1Nc1ccc(C2CN(C[C@@H]3CCN(c4ccc5c(c4)C(=O)N(C4CCC(=O)NC4=O)C5O)C3)C2)cc1. The minimum absolute atomic E-state index is 0.0751. The second-order valence-electron chi connectivity index (χ2n) is 16.3. The highest BCUT2D eigenvalue weighted by atomic mass is 16.3. The van der Waals surface area contributed by atoms with Crippen molar-refractivity contribution >= 4 is 52.5 Å². The lowest BCUT2D eigenvalue weighted by atomic mass is 9.90. The predicted molar refractivity (Wildman–Crippen MR) is 210 cm³/mol. The van der Waals surface area contributed by atoms with Crippen LogP contribution < -0.4 is 26.2 Å². The normalized spacial score (nSPS) is 25.6. The average Bonchev–Trinajstić information content (AvgIpc) is 3.91. The number of benzene rings is 2. The molecule has 5 N–H and O–H groups in total. The topological polar surface area (TPSA) is 198 Å². The van der Waals surface area contributed by atoms with Gasteiger partial charge in [-0.05, 0) is 67.9 Å². The second-order valence-corrected chi connectivity index (χ2v) is 16.3. The van der Waals surface area contributed by atoms with Gasteiger partial charge in [0.25, 0.3) is 11.8 Å². The molecule has 1 aromatic heterocycles. The molecule has 0 bridgehead atoms. The molecule has 6 aliphatic rings. The fourth-order valence-electron chi connectivity index (χ4n) is 9.57. The number of carbonyl (C=O) groups is 5. The quantitative estimate of drug-likeness (QED) is 0.219.